The van der Waals surface area contributed by atoms with Gasteiger partial charge in [0.1, 0.15) is 0 Å². The van der Waals surface area contributed by atoms with Gasteiger partial charge in [-0.25, -0.2) is 0 Å². The number of benzene rings is 1. The van der Waals surface area contributed by atoms with Crippen LogP contribution in [-0.4, -0.2) is 25.2 Å². The molecule has 0 saturated heterocycles. The molecule has 21 heavy (non-hydrogen) atoms. The van der Waals surface area contributed by atoms with Crippen LogP contribution >= 0.6 is 0 Å². The van der Waals surface area contributed by atoms with Gasteiger partial charge in [-0.1, -0.05) is 12.0 Å². The van der Waals surface area contributed by atoms with Gasteiger partial charge in [-0.05, 0) is 44.9 Å². The second kappa shape index (κ2) is 8.91. The van der Waals surface area contributed by atoms with Gasteiger partial charge in [-0.2, -0.15) is 0 Å². The first-order chi connectivity index (χ1) is 10.1. The van der Waals surface area contributed by atoms with E-state index in [0.717, 1.165) is 5.56 Å². The summed E-state index contributed by atoms with van der Waals surface area (Å²) in [6.07, 6.45) is 6.13. The van der Waals surface area contributed by atoms with Gasteiger partial charge in [0.05, 0.1) is 6.61 Å². The molecule has 1 unspecified atom stereocenters. The van der Waals surface area contributed by atoms with Crippen molar-refractivity contribution in [2.24, 2.45) is 0 Å². The van der Waals surface area contributed by atoms with Crippen molar-refractivity contribution in [2.75, 3.05) is 13.2 Å². The van der Waals surface area contributed by atoms with Gasteiger partial charge >= 0.3 is 0 Å². The molecular formula is C17H23NO3. The fourth-order valence-electron chi connectivity index (χ4n) is 1.84. The van der Waals surface area contributed by atoms with E-state index in [4.69, 9.17) is 15.9 Å². The van der Waals surface area contributed by atoms with Gasteiger partial charge in [-0.15, -0.1) is 6.42 Å². The molecule has 0 spiro atoms. The molecule has 1 N–H and O–H groups in total. The van der Waals surface area contributed by atoms with Gasteiger partial charge in [-0.3, -0.25) is 4.79 Å². The highest BCUT2D eigenvalue weighted by Crippen LogP contribution is 2.29. The Morgan fingerprint density at radius 1 is 1.38 bits per heavy atom. The van der Waals surface area contributed by atoms with E-state index < -0.39 is 0 Å². The molecule has 0 saturated carbocycles. The lowest BCUT2D eigenvalue weighted by molar-refractivity contribution is -0.120. The van der Waals surface area contributed by atoms with Crippen molar-refractivity contribution in [3.63, 3.8) is 0 Å². The molecule has 1 aromatic rings. The Labute approximate surface area is 126 Å². The summed E-state index contributed by atoms with van der Waals surface area (Å²) < 4.78 is 11.2. The predicted octanol–water partition coefficient (Wildman–Crippen LogP) is 2.55. The van der Waals surface area contributed by atoms with Crippen LogP contribution in [0.3, 0.4) is 0 Å². The molecule has 114 valence electrons. The van der Waals surface area contributed by atoms with Gasteiger partial charge < -0.3 is 14.8 Å². The van der Waals surface area contributed by atoms with Gasteiger partial charge in [0.15, 0.2) is 17.6 Å². The van der Waals surface area contributed by atoms with E-state index in [1.807, 2.05) is 32.0 Å². The van der Waals surface area contributed by atoms with Crippen LogP contribution in [0.4, 0.5) is 0 Å². The summed E-state index contributed by atoms with van der Waals surface area (Å²) in [6, 6.07) is 5.67. The second-order valence-electron chi connectivity index (χ2n) is 4.59. The highest BCUT2D eigenvalue weighted by atomic mass is 16.5. The lowest BCUT2D eigenvalue weighted by Gasteiger charge is -2.15. The fourth-order valence-corrected chi connectivity index (χ4v) is 1.84. The molecule has 0 heterocycles. The third-order valence-corrected chi connectivity index (χ3v) is 2.86. The monoisotopic (exact) mass is 289 g/mol. The SMILES string of the molecule is C#CC(C)Oc1ccc(CCC(=O)NCC)cc1OCC. The third-order valence-electron chi connectivity index (χ3n) is 2.86. The first-order valence-electron chi connectivity index (χ1n) is 7.25. The smallest absolute Gasteiger partial charge is 0.220 e. The number of terminal acetylenes is 1. The maximum atomic E-state index is 11.5. The van der Waals surface area contributed by atoms with Crippen molar-refractivity contribution in [3.05, 3.63) is 23.8 Å². The van der Waals surface area contributed by atoms with Gasteiger partial charge in [0, 0.05) is 13.0 Å². The number of aryl methyl sites for hydroxylation is 1. The van der Waals surface area contributed by atoms with E-state index in [1.54, 1.807) is 6.92 Å². The number of rotatable bonds is 8. The van der Waals surface area contributed by atoms with Crippen LogP contribution in [0.15, 0.2) is 18.2 Å². The quantitative estimate of drug-likeness (QED) is 0.748. The Hall–Kier alpha value is -2.15. The number of carbonyl (C=O) groups is 1. The first kappa shape index (κ1) is 16.9. The van der Waals surface area contributed by atoms with Crippen molar-refractivity contribution in [3.8, 4) is 23.8 Å². The van der Waals surface area contributed by atoms with E-state index >= 15 is 0 Å². The van der Waals surface area contributed by atoms with Crippen LogP contribution in [0.2, 0.25) is 0 Å². The van der Waals surface area contributed by atoms with E-state index in [0.29, 0.717) is 37.5 Å². The van der Waals surface area contributed by atoms with E-state index in [9.17, 15) is 4.79 Å². The van der Waals surface area contributed by atoms with Crippen molar-refractivity contribution in [2.45, 2.75) is 39.7 Å². The molecule has 0 aromatic heterocycles. The Morgan fingerprint density at radius 2 is 2.14 bits per heavy atom. The summed E-state index contributed by atoms with van der Waals surface area (Å²) in [4.78, 5) is 11.5. The fraction of sp³-hybridized carbons (Fsp3) is 0.471. The van der Waals surface area contributed by atoms with Crippen LogP contribution < -0.4 is 14.8 Å². The van der Waals surface area contributed by atoms with Crippen molar-refractivity contribution in [1.82, 2.24) is 5.32 Å². The van der Waals surface area contributed by atoms with Crippen LogP contribution in [0.5, 0.6) is 11.5 Å². The second-order valence-corrected chi connectivity index (χ2v) is 4.59. The summed E-state index contributed by atoms with van der Waals surface area (Å²) in [7, 11) is 0. The van der Waals surface area contributed by atoms with Crippen LogP contribution in [0, 0.1) is 12.3 Å². The number of nitrogens with one attached hydrogen (secondary N) is 1. The van der Waals surface area contributed by atoms with Gasteiger partial charge in [0.2, 0.25) is 5.91 Å². The van der Waals surface area contributed by atoms with Crippen molar-refractivity contribution < 1.29 is 14.3 Å². The Balaban J connectivity index is 2.77. The van der Waals surface area contributed by atoms with Crippen LogP contribution in [-0.2, 0) is 11.2 Å². The standard InChI is InChI=1S/C17H23NO3/c1-5-13(4)21-15-10-8-14(12-16(15)20-7-3)9-11-17(19)18-6-2/h1,8,10,12-13H,6-7,9,11H2,2-4H3,(H,18,19). The highest BCUT2D eigenvalue weighted by molar-refractivity contribution is 5.76. The summed E-state index contributed by atoms with van der Waals surface area (Å²) in [5.74, 6) is 3.86. The molecule has 1 rings (SSSR count). The Morgan fingerprint density at radius 3 is 2.76 bits per heavy atom. The number of carbonyl (C=O) groups excluding carboxylic acids is 1. The van der Waals surface area contributed by atoms with Gasteiger partial charge in [0.25, 0.3) is 0 Å². The number of hydrogen-bond donors (Lipinski definition) is 1. The van der Waals surface area contributed by atoms with Crippen molar-refractivity contribution in [1.29, 1.82) is 0 Å². The zero-order chi connectivity index (χ0) is 15.7. The molecule has 0 fully saturated rings. The molecular weight excluding hydrogens is 266 g/mol. The highest BCUT2D eigenvalue weighted by Gasteiger charge is 2.10. The number of hydrogen-bond acceptors (Lipinski definition) is 3. The van der Waals surface area contributed by atoms with Crippen LogP contribution in [0.25, 0.3) is 0 Å². The maximum Gasteiger partial charge on any atom is 0.220 e. The summed E-state index contributed by atoms with van der Waals surface area (Å²) in [5, 5.41) is 2.78. The minimum Gasteiger partial charge on any atom is -0.490 e. The minimum absolute atomic E-state index is 0.0525. The third kappa shape index (κ3) is 5.78. The molecule has 0 bridgehead atoms. The lowest BCUT2D eigenvalue weighted by atomic mass is 10.1. The molecule has 0 aliphatic carbocycles. The predicted molar refractivity (Wildman–Crippen MR) is 83.5 cm³/mol. The molecule has 0 aliphatic rings. The average Bonchev–Trinajstić information content (AvgIpc) is 2.47. The van der Waals surface area contributed by atoms with E-state index in [2.05, 4.69) is 11.2 Å². The van der Waals surface area contributed by atoms with Crippen LogP contribution in [0.1, 0.15) is 32.8 Å². The molecule has 1 amide bonds. The molecule has 0 radical (unpaired) electrons. The van der Waals surface area contributed by atoms with Crippen molar-refractivity contribution >= 4 is 5.91 Å². The number of amides is 1. The Kier molecular flexibility index (Phi) is 7.17. The topological polar surface area (TPSA) is 47.6 Å². The summed E-state index contributed by atoms with van der Waals surface area (Å²) >= 11 is 0. The summed E-state index contributed by atoms with van der Waals surface area (Å²) in [5.41, 5.74) is 1.03. The molecule has 0 aliphatic heterocycles. The molecule has 4 nitrogen and oxygen atoms in total. The molecule has 1 atom stereocenters. The average molecular weight is 289 g/mol. The molecule has 1 aromatic carbocycles. The Bertz CT molecular complexity index is 505. The largest absolute Gasteiger partial charge is 0.490 e. The first-order valence-corrected chi connectivity index (χ1v) is 7.25. The number of ether oxygens (including phenoxy) is 2. The maximum absolute atomic E-state index is 11.5. The summed E-state index contributed by atoms with van der Waals surface area (Å²) in [6.45, 7) is 6.82. The lowest BCUT2D eigenvalue weighted by Crippen LogP contribution is -2.22. The molecule has 4 heteroatoms. The minimum atomic E-state index is -0.314. The zero-order valence-corrected chi connectivity index (χ0v) is 12.9. The zero-order valence-electron chi connectivity index (χ0n) is 12.9. The van der Waals surface area contributed by atoms with E-state index in [-0.39, 0.29) is 12.0 Å². The van der Waals surface area contributed by atoms with E-state index in [1.165, 1.54) is 0 Å². The normalized spacial score (nSPS) is 11.3.